The number of piperidine rings is 1. The lowest BCUT2D eigenvalue weighted by Gasteiger charge is -2.43. The van der Waals surface area contributed by atoms with Crippen LogP contribution in [0, 0.1) is 17.7 Å². The highest BCUT2D eigenvalue weighted by molar-refractivity contribution is 6.33. The largest absolute Gasteiger partial charge is 0.393 e. The molecule has 3 rings (SSSR count). The van der Waals surface area contributed by atoms with Crippen molar-refractivity contribution in [2.24, 2.45) is 11.8 Å². The molecule has 0 radical (unpaired) electrons. The molecule has 1 saturated carbocycles. The lowest BCUT2D eigenvalue weighted by atomic mass is 9.71. The third-order valence-electron chi connectivity index (χ3n) is 5.02. The highest BCUT2D eigenvalue weighted by Crippen LogP contribution is 2.36. The number of benzene rings is 1. The van der Waals surface area contributed by atoms with E-state index in [1.165, 1.54) is 18.2 Å². The molecule has 3 N–H and O–H groups in total. The first kappa shape index (κ1) is 16.7. The third-order valence-corrected chi connectivity index (χ3v) is 5.35. The average molecular weight is 341 g/mol. The SMILES string of the molecule is O=C(N[C@H](C1CCNCC1)C1CC(O)C1)c1cc(F)ccc1Cl. The fourth-order valence-corrected chi connectivity index (χ4v) is 3.85. The van der Waals surface area contributed by atoms with Crippen molar-refractivity contribution in [3.63, 3.8) is 0 Å². The molecule has 1 amide bonds. The molecular weight excluding hydrogens is 319 g/mol. The van der Waals surface area contributed by atoms with Gasteiger partial charge in [0.15, 0.2) is 0 Å². The minimum Gasteiger partial charge on any atom is -0.393 e. The van der Waals surface area contributed by atoms with Gasteiger partial charge in [-0.15, -0.1) is 0 Å². The van der Waals surface area contributed by atoms with Crippen LogP contribution < -0.4 is 10.6 Å². The van der Waals surface area contributed by atoms with Gasteiger partial charge in [-0.3, -0.25) is 4.79 Å². The smallest absolute Gasteiger partial charge is 0.253 e. The van der Waals surface area contributed by atoms with Crippen LogP contribution in [0.25, 0.3) is 0 Å². The molecule has 1 heterocycles. The van der Waals surface area contributed by atoms with Crippen LogP contribution >= 0.6 is 11.6 Å². The number of carbonyl (C=O) groups excluding carboxylic acids is 1. The molecule has 2 fully saturated rings. The number of aliphatic hydroxyl groups is 1. The zero-order chi connectivity index (χ0) is 16.4. The Morgan fingerprint density at radius 1 is 1.30 bits per heavy atom. The fraction of sp³-hybridized carbons (Fsp3) is 0.588. The molecule has 1 saturated heterocycles. The van der Waals surface area contributed by atoms with Gasteiger partial charge in [0.1, 0.15) is 5.82 Å². The molecule has 0 aromatic heterocycles. The first-order valence-corrected chi connectivity index (χ1v) is 8.57. The Bertz CT molecular complexity index is 572. The van der Waals surface area contributed by atoms with E-state index < -0.39 is 5.82 Å². The molecule has 0 bridgehead atoms. The van der Waals surface area contributed by atoms with Crippen LogP contribution in [0.1, 0.15) is 36.0 Å². The number of halogens is 2. The molecule has 1 atom stereocenters. The molecule has 1 aliphatic heterocycles. The van der Waals surface area contributed by atoms with Gasteiger partial charge in [0.2, 0.25) is 0 Å². The van der Waals surface area contributed by atoms with Crippen LogP contribution in [-0.4, -0.2) is 36.2 Å². The normalized spacial score (nSPS) is 26.4. The first-order valence-electron chi connectivity index (χ1n) is 8.19. The minimum atomic E-state index is -0.475. The predicted octanol–water partition coefficient (Wildman–Crippen LogP) is 2.35. The van der Waals surface area contributed by atoms with Gasteiger partial charge < -0.3 is 15.7 Å². The lowest BCUT2D eigenvalue weighted by molar-refractivity contribution is 0.00919. The Hall–Kier alpha value is -1.17. The average Bonchev–Trinajstić information content (AvgIpc) is 2.53. The maximum absolute atomic E-state index is 13.4. The monoisotopic (exact) mass is 340 g/mol. The number of rotatable bonds is 4. The molecule has 23 heavy (non-hydrogen) atoms. The summed E-state index contributed by atoms with van der Waals surface area (Å²) in [5, 5.41) is 16.2. The zero-order valence-corrected chi connectivity index (χ0v) is 13.7. The van der Waals surface area contributed by atoms with E-state index in [1.807, 2.05) is 0 Å². The van der Waals surface area contributed by atoms with Crippen molar-refractivity contribution in [2.75, 3.05) is 13.1 Å². The minimum absolute atomic E-state index is 0.00679. The summed E-state index contributed by atoms with van der Waals surface area (Å²) in [6.07, 6.45) is 3.15. The second-order valence-electron chi connectivity index (χ2n) is 6.60. The summed E-state index contributed by atoms with van der Waals surface area (Å²) < 4.78 is 13.4. The molecule has 4 nitrogen and oxygen atoms in total. The quantitative estimate of drug-likeness (QED) is 0.788. The first-order chi connectivity index (χ1) is 11.0. The van der Waals surface area contributed by atoms with Crippen molar-refractivity contribution in [3.8, 4) is 0 Å². The highest BCUT2D eigenvalue weighted by Gasteiger charge is 2.39. The number of nitrogens with one attached hydrogen (secondary N) is 2. The summed E-state index contributed by atoms with van der Waals surface area (Å²) in [5.41, 5.74) is 0.172. The number of hydrogen-bond donors (Lipinski definition) is 3. The van der Waals surface area contributed by atoms with E-state index >= 15 is 0 Å². The second kappa shape index (κ2) is 7.16. The standard InChI is InChI=1S/C17H22ClFN2O2/c18-15-2-1-12(19)9-14(15)17(23)21-16(11-7-13(22)8-11)10-3-5-20-6-4-10/h1-2,9-11,13,16,20,22H,3-8H2,(H,21,23)/t11?,13?,16-/m1/s1. The topological polar surface area (TPSA) is 61.4 Å². The summed E-state index contributed by atoms with van der Waals surface area (Å²) in [5.74, 6) is -0.147. The van der Waals surface area contributed by atoms with E-state index in [1.54, 1.807) is 0 Å². The Morgan fingerprint density at radius 3 is 2.65 bits per heavy atom. The van der Waals surface area contributed by atoms with Gasteiger partial charge >= 0.3 is 0 Å². The van der Waals surface area contributed by atoms with Gasteiger partial charge in [0.25, 0.3) is 5.91 Å². The maximum atomic E-state index is 13.4. The van der Waals surface area contributed by atoms with Gasteiger partial charge in [-0.1, -0.05) is 11.6 Å². The lowest BCUT2D eigenvalue weighted by Crippen LogP contribution is -2.52. The third kappa shape index (κ3) is 3.84. The summed E-state index contributed by atoms with van der Waals surface area (Å²) in [6, 6.07) is 3.82. The second-order valence-corrected chi connectivity index (χ2v) is 7.00. The van der Waals surface area contributed by atoms with E-state index in [4.69, 9.17) is 11.6 Å². The molecule has 126 valence electrons. The summed E-state index contributed by atoms with van der Waals surface area (Å²) >= 11 is 6.03. The van der Waals surface area contributed by atoms with Crippen molar-refractivity contribution in [3.05, 3.63) is 34.6 Å². The van der Waals surface area contributed by atoms with Crippen LogP contribution in [0.2, 0.25) is 5.02 Å². The number of carbonyl (C=O) groups is 1. The zero-order valence-electron chi connectivity index (χ0n) is 12.9. The van der Waals surface area contributed by atoms with E-state index in [0.717, 1.165) is 25.9 Å². The summed E-state index contributed by atoms with van der Waals surface area (Å²) in [4.78, 5) is 12.6. The number of hydrogen-bond acceptors (Lipinski definition) is 3. The van der Waals surface area contributed by atoms with Crippen molar-refractivity contribution in [1.82, 2.24) is 10.6 Å². The molecule has 1 aromatic carbocycles. The molecule has 6 heteroatoms. The van der Waals surface area contributed by atoms with Crippen molar-refractivity contribution in [2.45, 2.75) is 37.8 Å². The Labute approximate surface area is 140 Å². The van der Waals surface area contributed by atoms with Crippen LogP contribution in [0.5, 0.6) is 0 Å². The highest BCUT2D eigenvalue weighted by atomic mass is 35.5. The van der Waals surface area contributed by atoms with Gasteiger partial charge in [-0.2, -0.15) is 0 Å². The van der Waals surface area contributed by atoms with Gasteiger partial charge in [0, 0.05) is 6.04 Å². The van der Waals surface area contributed by atoms with E-state index in [2.05, 4.69) is 10.6 Å². The van der Waals surface area contributed by atoms with Gasteiger partial charge in [-0.05, 0) is 68.8 Å². The van der Waals surface area contributed by atoms with E-state index in [0.29, 0.717) is 18.8 Å². The Kier molecular flexibility index (Phi) is 5.19. The van der Waals surface area contributed by atoms with Crippen molar-refractivity contribution < 1.29 is 14.3 Å². The summed E-state index contributed by atoms with van der Waals surface area (Å²) in [6.45, 7) is 1.88. The number of aliphatic hydroxyl groups excluding tert-OH is 1. The predicted molar refractivity (Wildman–Crippen MR) is 87.0 cm³/mol. The molecule has 1 aromatic rings. The van der Waals surface area contributed by atoms with Crippen molar-refractivity contribution in [1.29, 1.82) is 0 Å². The Morgan fingerprint density at radius 2 is 2.00 bits per heavy atom. The molecule has 0 unspecified atom stereocenters. The Balaban J connectivity index is 1.74. The molecule has 0 spiro atoms. The molecule has 1 aliphatic carbocycles. The molecule has 2 aliphatic rings. The van der Waals surface area contributed by atoms with Crippen molar-refractivity contribution >= 4 is 17.5 Å². The van der Waals surface area contributed by atoms with Crippen LogP contribution in [0.15, 0.2) is 18.2 Å². The van der Waals surface area contributed by atoms with Crippen LogP contribution in [0.4, 0.5) is 4.39 Å². The van der Waals surface area contributed by atoms with E-state index in [9.17, 15) is 14.3 Å². The van der Waals surface area contributed by atoms with E-state index in [-0.39, 0.29) is 34.6 Å². The summed E-state index contributed by atoms with van der Waals surface area (Å²) in [7, 11) is 0. The fourth-order valence-electron chi connectivity index (χ4n) is 3.65. The van der Waals surface area contributed by atoms with Gasteiger partial charge in [-0.25, -0.2) is 4.39 Å². The van der Waals surface area contributed by atoms with Gasteiger partial charge in [0.05, 0.1) is 16.7 Å². The maximum Gasteiger partial charge on any atom is 0.253 e. The van der Waals surface area contributed by atoms with Crippen LogP contribution in [-0.2, 0) is 0 Å². The molecular formula is C17H22ClFN2O2. The number of amides is 1. The van der Waals surface area contributed by atoms with Crippen LogP contribution in [0.3, 0.4) is 0 Å².